The second kappa shape index (κ2) is 7.12. The molecular weight excluding hydrogens is 368 g/mol. The van der Waals surface area contributed by atoms with E-state index in [0.29, 0.717) is 23.7 Å². The van der Waals surface area contributed by atoms with Gasteiger partial charge in [0.2, 0.25) is 5.95 Å². The van der Waals surface area contributed by atoms with Crippen LogP contribution in [0.25, 0.3) is 0 Å². The van der Waals surface area contributed by atoms with Crippen LogP contribution in [0.2, 0.25) is 0 Å². The van der Waals surface area contributed by atoms with Crippen molar-refractivity contribution >= 4 is 17.5 Å². The van der Waals surface area contributed by atoms with Gasteiger partial charge in [-0.1, -0.05) is 0 Å². The van der Waals surface area contributed by atoms with E-state index in [1.54, 1.807) is 43.0 Å². The first-order chi connectivity index (χ1) is 14.2. The Hall–Kier alpha value is -3.55. The van der Waals surface area contributed by atoms with Crippen LogP contribution in [0.4, 0.5) is 11.6 Å². The predicted octanol–water partition coefficient (Wildman–Crippen LogP) is 1.91. The molecule has 2 aliphatic heterocycles. The molecule has 0 radical (unpaired) electrons. The van der Waals surface area contributed by atoms with Gasteiger partial charge < -0.3 is 14.8 Å². The summed E-state index contributed by atoms with van der Waals surface area (Å²) in [4.78, 5) is 40.3. The number of pyridine rings is 2. The largest absolute Gasteiger partial charge is 0.340 e. The molecule has 0 saturated carbocycles. The minimum Gasteiger partial charge on any atom is -0.340 e. The van der Waals surface area contributed by atoms with Crippen LogP contribution in [0.15, 0.2) is 59.9 Å². The van der Waals surface area contributed by atoms with Crippen LogP contribution in [0.3, 0.4) is 0 Å². The molecule has 1 amide bonds. The Morgan fingerprint density at radius 1 is 1.00 bits per heavy atom. The summed E-state index contributed by atoms with van der Waals surface area (Å²) in [6, 6.07) is 8.72. The fourth-order valence-corrected chi connectivity index (χ4v) is 4.36. The number of nitrogens with one attached hydrogen (secondary N) is 1. The van der Waals surface area contributed by atoms with E-state index in [2.05, 4.69) is 25.2 Å². The fourth-order valence-electron chi connectivity index (χ4n) is 4.36. The molecule has 8 nitrogen and oxygen atoms in total. The number of hydrogen-bond donors (Lipinski definition) is 1. The quantitative estimate of drug-likeness (QED) is 0.737. The van der Waals surface area contributed by atoms with Gasteiger partial charge in [-0.25, -0.2) is 9.97 Å². The van der Waals surface area contributed by atoms with E-state index in [1.807, 2.05) is 16.7 Å². The third-order valence-corrected chi connectivity index (χ3v) is 5.63. The van der Waals surface area contributed by atoms with E-state index in [9.17, 15) is 9.59 Å². The zero-order valence-corrected chi connectivity index (χ0v) is 15.7. The molecule has 1 N–H and O–H groups in total. The van der Waals surface area contributed by atoms with Crippen molar-refractivity contribution in [2.24, 2.45) is 5.92 Å². The summed E-state index contributed by atoms with van der Waals surface area (Å²) in [6.45, 7) is 2.23. The molecule has 2 aliphatic rings. The van der Waals surface area contributed by atoms with Gasteiger partial charge in [0.25, 0.3) is 11.5 Å². The Labute approximate surface area is 167 Å². The molecule has 2 atom stereocenters. The number of hydrogen-bond acceptors (Lipinski definition) is 6. The number of piperidine rings is 1. The van der Waals surface area contributed by atoms with Gasteiger partial charge in [-0.2, -0.15) is 0 Å². The lowest BCUT2D eigenvalue weighted by atomic mass is 9.83. The molecule has 2 bridgehead atoms. The number of amides is 1. The van der Waals surface area contributed by atoms with E-state index < -0.39 is 0 Å². The lowest BCUT2D eigenvalue weighted by Gasteiger charge is -2.42. The summed E-state index contributed by atoms with van der Waals surface area (Å²) < 4.78 is 1.82. The zero-order valence-electron chi connectivity index (χ0n) is 15.7. The second-order valence-corrected chi connectivity index (χ2v) is 7.53. The molecule has 0 aromatic carbocycles. The predicted molar refractivity (Wildman–Crippen MR) is 108 cm³/mol. The first-order valence-corrected chi connectivity index (χ1v) is 9.66. The van der Waals surface area contributed by atoms with Crippen LogP contribution < -0.4 is 15.8 Å². The maximum absolute atomic E-state index is 13.1. The third-order valence-electron chi connectivity index (χ3n) is 5.63. The maximum Gasteiger partial charge on any atom is 0.274 e. The molecule has 146 valence electrons. The number of carbonyl (C=O) groups is 1. The topological polar surface area (TPSA) is 93.0 Å². The summed E-state index contributed by atoms with van der Waals surface area (Å²) in [5.74, 6) is 1.01. The van der Waals surface area contributed by atoms with Crippen LogP contribution in [0, 0.1) is 5.92 Å². The van der Waals surface area contributed by atoms with Gasteiger partial charge in [-0.15, -0.1) is 0 Å². The normalized spacial score (nSPS) is 20.1. The number of anilines is 2. The Kier molecular flexibility index (Phi) is 4.31. The van der Waals surface area contributed by atoms with Crippen molar-refractivity contribution in [2.75, 3.05) is 23.3 Å². The Morgan fingerprint density at radius 3 is 2.59 bits per heavy atom. The van der Waals surface area contributed by atoms with E-state index in [-0.39, 0.29) is 17.4 Å². The Bertz CT molecular complexity index is 1100. The molecule has 0 spiro atoms. The van der Waals surface area contributed by atoms with Gasteiger partial charge >= 0.3 is 0 Å². The highest BCUT2D eigenvalue weighted by Gasteiger charge is 2.35. The van der Waals surface area contributed by atoms with Crippen LogP contribution in [-0.4, -0.2) is 38.5 Å². The van der Waals surface area contributed by atoms with Crippen molar-refractivity contribution in [1.29, 1.82) is 0 Å². The zero-order chi connectivity index (χ0) is 19.8. The monoisotopic (exact) mass is 388 g/mol. The molecule has 3 aromatic rings. The van der Waals surface area contributed by atoms with Gasteiger partial charge in [0.05, 0.1) is 0 Å². The minimum atomic E-state index is -0.312. The van der Waals surface area contributed by atoms with Gasteiger partial charge in [0.15, 0.2) is 0 Å². The van der Waals surface area contributed by atoms with E-state index in [0.717, 1.165) is 31.2 Å². The van der Waals surface area contributed by atoms with Gasteiger partial charge in [0.1, 0.15) is 5.69 Å². The Morgan fingerprint density at radius 2 is 1.79 bits per heavy atom. The van der Waals surface area contributed by atoms with Gasteiger partial charge in [-0.3, -0.25) is 14.6 Å². The molecule has 2 unspecified atom stereocenters. The smallest absolute Gasteiger partial charge is 0.274 e. The molecular formula is C21H20N6O2. The molecule has 29 heavy (non-hydrogen) atoms. The highest BCUT2D eigenvalue weighted by Crippen LogP contribution is 2.36. The molecule has 1 saturated heterocycles. The van der Waals surface area contributed by atoms with E-state index in [1.165, 1.54) is 0 Å². The SMILES string of the molecule is O=C(Nc1ccc2n(c1=O)CC1CC2CN(c2ncccn2)C1)c1ccncc1. The fraction of sp³-hybridized carbons (Fsp3) is 0.286. The summed E-state index contributed by atoms with van der Waals surface area (Å²) in [6.07, 6.45) is 7.66. The molecule has 1 fully saturated rings. The third kappa shape index (κ3) is 3.26. The average molecular weight is 388 g/mol. The number of carbonyl (C=O) groups excluding carboxylic acids is 1. The summed E-state index contributed by atoms with van der Waals surface area (Å²) in [7, 11) is 0. The number of rotatable bonds is 3. The lowest BCUT2D eigenvalue weighted by Crippen LogP contribution is -2.48. The molecule has 5 heterocycles. The van der Waals surface area contributed by atoms with E-state index >= 15 is 0 Å². The molecule has 8 heteroatoms. The van der Waals surface area contributed by atoms with Crippen LogP contribution in [-0.2, 0) is 6.54 Å². The van der Waals surface area contributed by atoms with Crippen molar-refractivity contribution < 1.29 is 4.79 Å². The van der Waals surface area contributed by atoms with Gasteiger partial charge in [0, 0.05) is 61.6 Å². The summed E-state index contributed by atoms with van der Waals surface area (Å²) in [5, 5.41) is 2.75. The highest BCUT2D eigenvalue weighted by atomic mass is 16.2. The second-order valence-electron chi connectivity index (χ2n) is 7.53. The standard InChI is InChI=1S/C21H20N6O2/c28-19(15-4-8-22-9-5-15)25-17-2-3-18-16-10-14(12-27(18)20(17)29)11-26(13-16)21-23-6-1-7-24-21/h1-9,14,16H,10-13H2,(H,25,28). The van der Waals surface area contributed by atoms with Gasteiger partial charge in [-0.05, 0) is 42.7 Å². The number of nitrogens with zero attached hydrogens (tertiary/aromatic N) is 5. The van der Waals surface area contributed by atoms with E-state index in [4.69, 9.17) is 0 Å². The van der Waals surface area contributed by atoms with Crippen molar-refractivity contribution in [3.8, 4) is 0 Å². The first-order valence-electron chi connectivity index (χ1n) is 9.66. The molecule has 5 rings (SSSR count). The first kappa shape index (κ1) is 17.5. The molecule has 0 aliphatic carbocycles. The highest BCUT2D eigenvalue weighted by molar-refractivity contribution is 6.04. The summed E-state index contributed by atoms with van der Waals surface area (Å²) >= 11 is 0. The average Bonchev–Trinajstić information content (AvgIpc) is 2.77. The van der Waals surface area contributed by atoms with Crippen molar-refractivity contribution in [3.63, 3.8) is 0 Å². The van der Waals surface area contributed by atoms with Crippen LogP contribution >= 0.6 is 0 Å². The minimum absolute atomic E-state index is 0.149. The van der Waals surface area contributed by atoms with Crippen molar-refractivity contribution in [3.05, 3.63) is 76.7 Å². The lowest BCUT2D eigenvalue weighted by molar-refractivity contribution is 0.102. The van der Waals surface area contributed by atoms with Crippen LogP contribution in [0.5, 0.6) is 0 Å². The summed E-state index contributed by atoms with van der Waals surface area (Å²) in [5.41, 5.74) is 1.63. The Balaban J connectivity index is 1.41. The van der Waals surface area contributed by atoms with Crippen molar-refractivity contribution in [2.45, 2.75) is 18.9 Å². The van der Waals surface area contributed by atoms with Crippen molar-refractivity contribution in [1.82, 2.24) is 19.5 Å². The maximum atomic E-state index is 13.1. The van der Waals surface area contributed by atoms with Crippen LogP contribution in [0.1, 0.15) is 28.4 Å². The number of fused-ring (bicyclic) bond motifs is 4. The number of aromatic nitrogens is 4. The molecule has 3 aromatic heterocycles.